The zero-order chi connectivity index (χ0) is 14.6. The molecule has 4 heteroatoms. The summed E-state index contributed by atoms with van der Waals surface area (Å²) in [7, 11) is 5.84. The molecule has 104 valence electrons. The van der Waals surface area contributed by atoms with Crippen molar-refractivity contribution in [1.82, 2.24) is 4.57 Å². The molecule has 0 aliphatic carbocycles. The van der Waals surface area contributed by atoms with Crippen LogP contribution >= 0.6 is 8.86 Å². The predicted molar refractivity (Wildman–Crippen MR) is 92.4 cm³/mol. The third-order valence-electron chi connectivity index (χ3n) is 4.20. The van der Waals surface area contributed by atoms with E-state index in [1.54, 1.807) is 0 Å². The molecule has 1 aromatic heterocycles. The summed E-state index contributed by atoms with van der Waals surface area (Å²) in [6.07, 6.45) is 2.09. The standard InChI is InChI=1S/C17H16N3P/c1-19-8-7-11-9-13(5-6-15(11)19)20-10-12-3-2-4-14(18)16(12)17(20)21/h2-9,21H,10,18H2,1H3. The highest BCUT2D eigenvalue weighted by atomic mass is 31.0. The molecule has 0 saturated heterocycles. The molecule has 3 nitrogen and oxygen atoms in total. The summed E-state index contributed by atoms with van der Waals surface area (Å²) in [5, 5.41) is 1.25. The molecule has 0 unspecified atom stereocenters. The second kappa shape index (κ2) is 4.37. The third-order valence-corrected chi connectivity index (χ3v) is 4.72. The smallest absolute Gasteiger partial charge is 0.0711 e. The van der Waals surface area contributed by atoms with Gasteiger partial charge in [-0.05, 0) is 35.9 Å². The maximum Gasteiger partial charge on any atom is 0.0711 e. The third kappa shape index (κ3) is 1.78. The van der Waals surface area contributed by atoms with Crippen LogP contribution in [0.3, 0.4) is 0 Å². The molecule has 0 saturated carbocycles. The first kappa shape index (κ1) is 12.5. The minimum absolute atomic E-state index is 0.820. The second-order valence-electron chi connectivity index (χ2n) is 5.49. The van der Waals surface area contributed by atoms with Gasteiger partial charge in [0.2, 0.25) is 0 Å². The Morgan fingerprint density at radius 3 is 2.81 bits per heavy atom. The quantitative estimate of drug-likeness (QED) is 0.551. The van der Waals surface area contributed by atoms with E-state index in [-0.39, 0.29) is 0 Å². The van der Waals surface area contributed by atoms with E-state index >= 15 is 0 Å². The summed E-state index contributed by atoms with van der Waals surface area (Å²) in [4.78, 5) is 2.25. The van der Waals surface area contributed by atoms with Crippen molar-refractivity contribution >= 4 is 36.6 Å². The van der Waals surface area contributed by atoms with Gasteiger partial charge in [-0.15, -0.1) is 0 Å². The summed E-state index contributed by atoms with van der Waals surface area (Å²) in [6, 6.07) is 14.8. The lowest BCUT2D eigenvalue weighted by Gasteiger charge is -2.19. The Labute approximate surface area is 125 Å². The number of hydrogen-bond acceptors (Lipinski definition) is 1. The molecule has 0 atom stereocenters. The van der Waals surface area contributed by atoms with Crippen molar-refractivity contribution < 1.29 is 0 Å². The van der Waals surface area contributed by atoms with Crippen molar-refractivity contribution in [3.8, 4) is 0 Å². The number of aromatic nitrogens is 1. The van der Waals surface area contributed by atoms with E-state index < -0.39 is 0 Å². The minimum atomic E-state index is 0.820. The van der Waals surface area contributed by atoms with Crippen molar-refractivity contribution in [3.63, 3.8) is 0 Å². The molecule has 1 aliphatic heterocycles. The van der Waals surface area contributed by atoms with Crippen molar-refractivity contribution in [1.29, 1.82) is 0 Å². The number of aryl methyl sites for hydroxylation is 1. The molecule has 3 aromatic rings. The van der Waals surface area contributed by atoms with Crippen LogP contribution in [0.5, 0.6) is 0 Å². The molecule has 1 aliphatic rings. The van der Waals surface area contributed by atoms with Crippen LogP contribution in [-0.2, 0) is 13.6 Å². The Balaban J connectivity index is 1.80. The summed E-state index contributed by atoms with van der Waals surface area (Å²) in [6.45, 7) is 0.845. The fourth-order valence-corrected chi connectivity index (χ4v) is 3.60. The molecule has 0 spiro atoms. The van der Waals surface area contributed by atoms with Gasteiger partial charge in [0.25, 0.3) is 0 Å². The van der Waals surface area contributed by atoms with Gasteiger partial charge in [-0.1, -0.05) is 21.0 Å². The average molecular weight is 293 g/mol. The van der Waals surface area contributed by atoms with E-state index in [0.717, 1.165) is 23.2 Å². The lowest BCUT2D eigenvalue weighted by molar-refractivity contribution is 0.969. The van der Waals surface area contributed by atoms with Gasteiger partial charge in [0.05, 0.1) is 5.42 Å². The molecule has 4 rings (SSSR count). The van der Waals surface area contributed by atoms with Crippen LogP contribution < -0.4 is 10.6 Å². The Bertz CT molecular complexity index is 879. The van der Waals surface area contributed by atoms with Gasteiger partial charge >= 0.3 is 0 Å². The van der Waals surface area contributed by atoms with Gasteiger partial charge in [0.15, 0.2) is 0 Å². The van der Waals surface area contributed by atoms with E-state index in [0.29, 0.717) is 0 Å². The zero-order valence-electron chi connectivity index (χ0n) is 11.8. The Morgan fingerprint density at radius 2 is 2.00 bits per heavy atom. The first-order chi connectivity index (χ1) is 10.1. The van der Waals surface area contributed by atoms with Crippen LogP contribution in [-0.4, -0.2) is 9.98 Å². The lowest BCUT2D eigenvalue weighted by atomic mass is 10.1. The predicted octanol–water partition coefficient (Wildman–Crippen LogP) is 3.40. The van der Waals surface area contributed by atoms with Crippen LogP contribution in [0.2, 0.25) is 0 Å². The molecule has 0 fully saturated rings. The monoisotopic (exact) mass is 293 g/mol. The van der Waals surface area contributed by atoms with Gasteiger partial charge in [0, 0.05) is 47.6 Å². The number of nitrogens with two attached hydrogens (primary N) is 1. The van der Waals surface area contributed by atoms with Crippen LogP contribution in [0.25, 0.3) is 10.9 Å². The van der Waals surface area contributed by atoms with E-state index in [1.165, 1.54) is 22.2 Å². The van der Waals surface area contributed by atoms with Gasteiger partial charge in [0.1, 0.15) is 0 Å². The van der Waals surface area contributed by atoms with Crippen molar-refractivity contribution in [2.45, 2.75) is 6.54 Å². The molecule has 0 radical (unpaired) electrons. The highest BCUT2D eigenvalue weighted by molar-refractivity contribution is 7.23. The normalized spacial score (nSPS) is 14.0. The number of rotatable bonds is 1. The summed E-state index contributed by atoms with van der Waals surface area (Å²) >= 11 is 0. The number of benzene rings is 2. The zero-order valence-corrected chi connectivity index (χ0v) is 12.8. The highest BCUT2D eigenvalue weighted by Crippen LogP contribution is 2.34. The fraction of sp³-hybridized carbons (Fsp3) is 0.118. The molecule has 0 amide bonds. The second-order valence-corrected chi connectivity index (χ2v) is 5.96. The Kier molecular flexibility index (Phi) is 2.60. The SMILES string of the molecule is Cn1ccc2cc(N3Cc4cccc(N)c4C3=P)ccc21. The van der Waals surface area contributed by atoms with Gasteiger partial charge in [-0.25, -0.2) is 0 Å². The number of anilines is 2. The van der Waals surface area contributed by atoms with E-state index in [2.05, 4.69) is 61.9 Å². The van der Waals surface area contributed by atoms with Crippen LogP contribution in [0, 0.1) is 0 Å². The lowest BCUT2D eigenvalue weighted by Crippen LogP contribution is -2.22. The van der Waals surface area contributed by atoms with Crippen LogP contribution in [0.4, 0.5) is 11.4 Å². The summed E-state index contributed by atoms with van der Waals surface area (Å²) in [5.41, 5.74) is 12.8. The molecule has 2 N–H and O–H groups in total. The number of hydrogen-bond donors (Lipinski definition) is 1. The molecule has 2 aromatic carbocycles. The highest BCUT2D eigenvalue weighted by Gasteiger charge is 2.25. The number of nitrogens with zero attached hydrogens (tertiary/aromatic N) is 2. The van der Waals surface area contributed by atoms with Gasteiger partial charge in [-0.3, -0.25) is 0 Å². The first-order valence-corrected chi connectivity index (χ1v) is 7.44. The molecule has 21 heavy (non-hydrogen) atoms. The average Bonchev–Trinajstić information content (AvgIpc) is 3.01. The molecule has 0 bridgehead atoms. The summed E-state index contributed by atoms with van der Waals surface area (Å²) < 4.78 is 2.13. The molecular formula is C17H16N3P. The Morgan fingerprint density at radius 1 is 1.14 bits per heavy atom. The van der Waals surface area contributed by atoms with Crippen molar-refractivity contribution in [2.24, 2.45) is 7.05 Å². The maximum atomic E-state index is 6.11. The Hall–Kier alpha value is -2.25. The minimum Gasteiger partial charge on any atom is -0.398 e. The van der Waals surface area contributed by atoms with Crippen LogP contribution in [0.15, 0.2) is 48.7 Å². The maximum absolute atomic E-state index is 6.11. The summed E-state index contributed by atoms with van der Waals surface area (Å²) in [5.74, 6) is 0. The fourth-order valence-electron chi connectivity index (χ4n) is 3.08. The number of nitrogen functional groups attached to an aromatic ring is 1. The first-order valence-electron chi connectivity index (χ1n) is 6.94. The van der Waals surface area contributed by atoms with E-state index in [4.69, 9.17) is 5.73 Å². The van der Waals surface area contributed by atoms with Crippen molar-refractivity contribution in [2.75, 3.05) is 10.6 Å². The van der Waals surface area contributed by atoms with Crippen LogP contribution in [0.1, 0.15) is 11.1 Å². The van der Waals surface area contributed by atoms with Crippen molar-refractivity contribution in [3.05, 3.63) is 59.8 Å². The van der Waals surface area contributed by atoms with Gasteiger partial charge in [-0.2, -0.15) is 0 Å². The molecule has 2 heterocycles. The largest absolute Gasteiger partial charge is 0.398 e. The van der Waals surface area contributed by atoms with E-state index in [9.17, 15) is 0 Å². The molecular weight excluding hydrogens is 277 g/mol. The number of fused-ring (bicyclic) bond motifs is 2. The van der Waals surface area contributed by atoms with E-state index in [1.807, 2.05) is 12.1 Å². The topological polar surface area (TPSA) is 34.2 Å². The van der Waals surface area contributed by atoms with Gasteiger partial charge < -0.3 is 15.2 Å².